The van der Waals surface area contributed by atoms with E-state index in [4.69, 9.17) is 0 Å². The lowest BCUT2D eigenvalue weighted by Crippen LogP contribution is -2.13. The molecule has 0 atom stereocenters. The third kappa shape index (κ3) is 4.31. The highest BCUT2D eigenvalue weighted by Gasteiger charge is 2.10. The number of ether oxygens (including phenoxy) is 1. The Morgan fingerprint density at radius 2 is 1.71 bits per heavy atom. The summed E-state index contributed by atoms with van der Waals surface area (Å²) >= 11 is 0. The van der Waals surface area contributed by atoms with Gasteiger partial charge >= 0.3 is 5.97 Å². The van der Waals surface area contributed by atoms with Crippen molar-refractivity contribution in [3.8, 4) is 6.07 Å². The van der Waals surface area contributed by atoms with Gasteiger partial charge in [0.25, 0.3) is 5.91 Å². The number of amides is 1. The predicted molar refractivity (Wildman–Crippen MR) is 91.2 cm³/mol. The van der Waals surface area contributed by atoms with E-state index < -0.39 is 11.9 Å². The molecule has 1 N–H and O–H groups in total. The van der Waals surface area contributed by atoms with Crippen LogP contribution >= 0.6 is 0 Å². The molecule has 0 aliphatic carbocycles. The number of nitrogens with one attached hydrogen (secondary N) is 1. The van der Waals surface area contributed by atoms with Gasteiger partial charge < -0.3 is 10.1 Å². The third-order valence-corrected chi connectivity index (χ3v) is 3.32. The van der Waals surface area contributed by atoms with Gasteiger partial charge in [0.1, 0.15) is 11.6 Å². The van der Waals surface area contributed by atoms with Crippen molar-refractivity contribution in [1.82, 2.24) is 0 Å². The Hall–Kier alpha value is -3.39. The van der Waals surface area contributed by atoms with Gasteiger partial charge in [-0.05, 0) is 42.8 Å². The Bertz CT molecular complexity index is 813. The van der Waals surface area contributed by atoms with Crippen LogP contribution < -0.4 is 5.32 Å². The van der Waals surface area contributed by atoms with Crippen molar-refractivity contribution in [1.29, 1.82) is 5.26 Å². The molecular weight excluding hydrogens is 304 g/mol. The van der Waals surface area contributed by atoms with Gasteiger partial charge in [-0.15, -0.1) is 0 Å². The number of benzene rings is 2. The highest BCUT2D eigenvalue weighted by atomic mass is 16.5. The summed E-state index contributed by atoms with van der Waals surface area (Å²) in [5.74, 6) is -0.929. The molecule has 0 saturated carbocycles. The van der Waals surface area contributed by atoms with Gasteiger partial charge in [-0.2, -0.15) is 5.26 Å². The maximum absolute atomic E-state index is 12.2. The molecule has 2 aromatic rings. The summed E-state index contributed by atoms with van der Waals surface area (Å²) in [6.07, 6.45) is 1.46. The van der Waals surface area contributed by atoms with Crippen LogP contribution in [0.2, 0.25) is 0 Å². The highest BCUT2D eigenvalue weighted by molar-refractivity contribution is 6.09. The fraction of sp³-hybridized carbons (Fsp3) is 0.105. The van der Waals surface area contributed by atoms with E-state index in [1.165, 1.54) is 13.2 Å². The second-order valence-corrected chi connectivity index (χ2v) is 5.10. The Kier molecular flexibility index (Phi) is 5.48. The molecule has 1 amide bonds. The molecule has 0 fully saturated rings. The van der Waals surface area contributed by atoms with Crippen LogP contribution in [-0.2, 0) is 9.53 Å². The number of nitrogens with zero attached hydrogens (tertiary/aromatic N) is 1. The van der Waals surface area contributed by atoms with Crippen molar-refractivity contribution in [3.63, 3.8) is 0 Å². The predicted octanol–water partition coefficient (Wildman–Crippen LogP) is 3.33. The first-order chi connectivity index (χ1) is 11.5. The molecule has 2 aromatic carbocycles. The molecule has 0 aromatic heterocycles. The first-order valence-electron chi connectivity index (χ1n) is 7.21. The van der Waals surface area contributed by atoms with Crippen molar-refractivity contribution < 1.29 is 14.3 Å². The van der Waals surface area contributed by atoms with Crippen molar-refractivity contribution in [2.24, 2.45) is 0 Å². The molecule has 0 aliphatic heterocycles. The normalized spacial score (nSPS) is 10.6. The van der Waals surface area contributed by atoms with Crippen LogP contribution in [0.5, 0.6) is 0 Å². The summed E-state index contributed by atoms with van der Waals surface area (Å²) < 4.78 is 4.62. The number of anilines is 1. The summed E-state index contributed by atoms with van der Waals surface area (Å²) in [7, 11) is 1.30. The summed E-state index contributed by atoms with van der Waals surface area (Å²) in [6.45, 7) is 1.95. The highest BCUT2D eigenvalue weighted by Crippen LogP contribution is 2.13. The Labute approximate surface area is 140 Å². The van der Waals surface area contributed by atoms with Crippen molar-refractivity contribution in [2.75, 3.05) is 12.4 Å². The minimum absolute atomic E-state index is 0.0265. The van der Waals surface area contributed by atoms with E-state index in [-0.39, 0.29) is 5.57 Å². The van der Waals surface area contributed by atoms with Gasteiger partial charge in [-0.1, -0.05) is 29.8 Å². The Morgan fingerprint density at radius 1 is 1.08 bits per heavy atom. The third-order valence-electron chi connectivity index (χ3n) is 3.32. The zero-order valence-corrected chi connectivity index (χ0v) is 13.4. The molecule has 0 radical (unpaired) electrons. The average molecular weight is 320 g/mol. The van der Waals surface area contributed by atoms with Crippen molar-refractivity contribution in [3.05, 3.63) is 70.8 Å². The summed E-state index contributed by atoms with van der Waals surface area (Å²) in [6, 6.07) is 15.6. The number of nitriles is 1. The van der Waals surface area contributed by atoms with E-state index in [2.05, 4.69) is 10.1 Å². The van der Waals surface area contributed by atoms with Crippen LogP contribution in [0.1, 0.15) is 21.5 Å². The van der Waals surface area contributed by atoms with Crippen LogP contribution in [0, 0.1) is 18.3 Å². The summed E-state index contributed by atoms with van der Waals surface area (Å²) in [4.78, 5) is 23.6. The molecule has 2 rings (SSSR count). The number of rotatable bonds is 4. The Balaban J connectivity index is 2.16. The first-order valence-corrected chi connectivity index (χ1v) is 7.21. The fourth-order valence-electron chi connectivity index (χ4n) is 1.98. The largest absolute Gasteiger partial charge is 0.465 e. The number of methoxy groups -OCH3 is 1. The van der Waals surface area contributed by atoms with E-state index >= 15 is 0 Å². The van der Waals surface area contributed by atoms with Gasteiger partial charge in [0, 0.05) is 5.69 Å². The number of carbonyl (C=O) groups is 2. The van der Waals surface area contributed by atoms with Crippen molar-refractivity contribution in [2.45, 2.75) is 6.92 Å². The number of aryl methyl sites for hydroxylation is 1. The molecular formula is C19H16N2O3. The van der Waals surface area contributed by atoms with Gasteiger partial charge in [0.2, 0.25) is 0 Å². The standard InChI is InChI=1S/C19H16N2O3/c1-13-3-9-17(10-4-13)21-18(22)16(12-20)11-14-5-7-15(8-6-14)19(23)24-2/h3-11H,1-2H3,(H,21,22)/b16-11-. The zero-order chi connectivity index (χ0) is 17.5. The SMILES string of the molecule is COC(=O)c1ccc(/C=C(/C#N)C(=O)Nc2ccc(C)cc2)cc1. The second kappa shape index (κ2) is 7.75. The smallest absolute Gasteiger partial charge is 0.337 e. The minimum atomic E-state index is -0.488. The number of hydrogen-bond acceptors (Lipinski definition) is 4. The monoisotopic (exact) mass is 320 g/mol. The summed E-state index contributed by atoms with van der Waals surface area (Å²) in [5.41, 5.74) is 2.71. The minimum Gasteiger partial charge on any atom is -0.465 e. The number of hydrogen-bond donors (Lipinski definition) is 1. The molecule has 0 heterocycles. The molecule has 0 bridgehead atoms. The number of carbonyl (C=O) groups excluding carboxylic acids is 2. The van der Waals surface area contributed by atoms with E-state index in [9.17, 15) is 14.9 Å². The molecule has 0 unspecified atom stereocenters. The lowest BCUT2D eigenvalue weighted by molar-refractivity contribution is -0.112. The Morgan fingerprint density at radius 3 is 2.25 bits per heavy atom. The molecule has 5 nitrogen and oxygen atoms in total. The van der Waals surface area contributed by atoms with Gasteiger partial charge in [0.15, 0.2) is 0 Å². The molecule has 0 spiro atoms. The van der Waals surface area contributed by atoms with Gasteiger partial charge in [-0.3, -0.25) is 4.79 Å². The molecule has 120 valence electrons. The van der Waals surface area contributed by atoms with E-state index in [1.54, 1.807) is 36.4 Å². The maximum atomic E-state index is 12.2. The maximum Gasteiger partial charge on any atom is 0.337 e. The fourth-order valence-corrected chi connectivity index (χ4v) is 1.98. The first kappa shape index (κ1) is 17.0. The van der Waals surface area contributed by atoms with E-state index in [0.717, 1.165) is 5.56 Å². The van der Waals surface area contributed by atoms with E-state index in [0.29, 0.717) is 16.8 Å². The second-order valence-electron chi connectivity index (χ2n) is 5.10. The lowest BCUT2D eigenvalue weighted by atomic mass is 10.1. The molecule has 24 heavy (non-hydrogen) atoms. The van der Waals surface area contributed by atoms with Crippen LogP contribution in [0.15, 0.2) is 54.1 Å². The molecule has 5 heteroatoms. The molecule has 0 aliphatic rings. The van der Waals surface area contributed by atoms with Gasteiger partial charge in [0.05, 0.1) is 12.7 Å². The van der Waals surface area contributed by atoms with Crippen LogP contribution in [0.25, 0.3) is 6.08 Å². The number of esters is 1. The quantitative estimate of drug-likeness (QED) is 0.532. The van der Waals surface area contributed by atoms with Crippen molar-refractivity contribution >= 4 is 23.6 Å². The molecule has 0 saturated heterocycles. The topological polar surface area (TPSA) is 79.2 Å². The van der Waals surface area contributed by atoms with Crippen LogP contribution in [0.4, 0.5) is 5.69 Å². The van der Waals surface area contributed by atoms with E-state index in [1.807, 2.05) is 25.1 Å². The lowest BCUT2D eigenvalue weighted by Gasteiger charge is -2.05. The zero-order valence-electron chi connectivity index (χ0n) is 13.4. The van der Waals surface area contributed by atoms with Crippen LogP contribution in [-0.4, -0.2) is 19.0 Å². The van der Waals surface area contributed by atoms with Gasteiger partial charge in [-0.25, -0.2) is 4.79 Å². The average Bonchev–Trinajstić information content (AvgIpc) is 2.61. The van der Waals surface area contributed by atoms with Crippen LogP contribution in [0.3, 0.4) is 0 Å². The summed E-state index contributed by atoms with van der Waals surface area (Å²) in [5, 5.41) is 11.9.